The van der Waals surface area contributed by atoms with Crippen LogP contribution in [0, 0.1) is 0 Å². The summed E-state index contributed by atoms with van der Waals surface area (Å²) in [5, 5.41) is 1.52. The van der Waals surface area contributed by atoms with E-state index in [4.69, 9.17) is 0 Å². The summed E-state index contributed by atoms with van der Waals surface area (Å²) < 4.78 is 0. The van der Waals surface area contributed by atoms with Crippen molar-refractivity contribution in [3.63, 3.8) is 0 Å². The fraction of sp³-hybridized carbons (Fsp3) is 0.300. The first-order valence-electron chi connectivity index (χ1n) is 8.00. The molecule has 0 saturated heterocycles. The molecule has 21 heavy (non-hydrogen) atoms. The van der Waals surface area contributed by atoms with Crippen LogP contribution < -0.4 is 5.19 Å². The van der Waals surface area contributed by atoms with Crippen molar-refractivity contribution < 1.29 is 0 Å². The summed E-state index contributed by atoms with van der Waals surface area (Å²) in [5.74, 6) is 0. The van der Waals surface area contributed by atoms with Crippen LogP contribution in [-0.2, 0) is 6.42 Å². The molecule has 0 radical (unpaired) electrons. The van der Waals surface area contributed by atoms with Crippen molar-refractivity contribution in [2.45, 2.75) is 39.3 Å². The molecular formula is C20H26Si. The van der Waals surface area contributed by atoms with Gasteiger partial charge in [0.05, 0.1) is 8.80 Å². The second-order valence-electron chi connectivity index (χ2n) is 6.06. The Bertz CT molecular complexity index is 576. The fourth-order valence-corrected chi connectivity index (χ4v) is 3.45. The zero-order valence-electron chi connectivity index (χ0n) is 13.5. The third-order valence-corrected chi connectivity index (χ3v) is 5.77. The van der Waals surface area contributed by atoms with Gasteiger partial charge >= 0.3 is 0 Å². The summed E-state index contributed by atoms with van der Waals surface area (Å²) in [4.78, 5) is 0. The quantitative estimate of drug-likeness (QED) is 0.672. The van der Waals surface area contributed by atoms with Gasteiger partial charge < -0.3 is 0 Å². The van der Waals surface area contributed by atoms with E-state index in [9.17, 15) is 0 Å². The van der Waals surface area contributed by atoms with Crippen LogP contribution in [0.4, 0.5) is 0 Å². The largest absolute Gasteiger partial charge is 0.0906 e. The summed E-state index contributed by atoms with van der Waals surface area (Å²) in [6.45, 7) is 11.2. The van der Waals surface area contributed by atoms with E-state index in [2.05, 4.69) is 75.1 Å². The minimum absolute atomic E-state index is 0.702. The van der Waals surface area contributed by atoms with E-state index in [-0.39, 0.29) is 0 Å². The second kappa shape index (κ2) is 7.42. The predicted molar refractivity (Wildman–Crippen MR) is 98.1 cm³/mol. The summed E-state index contributed by atoms with van der Waals surface area (Å²) in [6.07, 6.45) is 3.69. The molecule has 0 aliphatic heterocycles. The Morgan fingerprint density at radius 3 is 1.90 bits per heavy atom. The SMILES string of the molecule is C=C(c1ccc(CCCC)cc1)c1ccc([SiH](C)C)cc1. The van der Waals surface area contributed by atoms with Gasteiger partial charge in [-0.15, -0.1) is 0 Å². The first kappa shape index (κ1) is 15.8. The second-order valence-corrected chi connectivity index (χ2v) is 9.03. The number of hydrogen-bond acceptors (Lipinski definition) is 0. The lowest BCUT2D eigenvalue weighted by atomic mass is 9.98. The molecule has 2 rings (SSSR count). The normalized spacial score (nSPS) is 10.9. The van der Waals surface area contributed by atoms with Gasteiger partial charge in [0, 0.05) is 0 Å². The van der Waals surface area contributed by atoms with Gasteiger partial charge in [0.25, 0.3) is 0 Å². The van der Waals surface area contributed by atoms with Gasteiger partial charge in [-0.2, -0.15) is 0 Å². The van der Waals surface area contributed by atoms with Gasteiger partial charge in [-0.1, -0.05) is 86.7 Å². The van der Waals surface area contributed by atoms with Crippen molar-refractivity contribution >= 4 is 19.6 Å². The molecule has 0 amide bonds. The Morgan fingerprint density at radius 2 is 1.43 bits per heavy atom. The summed E-state index contributed by atoms with van der Waals surface area (Å²) in [7, 11) is -0.702. The van der Waals surface area contributed by atoms with Crippen molar-refractivity contribution in [1.29, 1.82) is 0 Å². The standard InChI is InChI=1S/C20H26Si/c1-5-6-7-17-8-10-18(11-9-17)16(2)19-12-14-20(15-13-19)21(3)4/h8-15,21H,2,5-7H2,1,3-4H3. The van der Waals surface area contributed by atoms with E-state index in [1.54, 1.807) is 0 Å². The molecule has 110 valence electrons. The first-order valence-corrected chi connectivity index (χ1v) is 10.9. The van der Waals surface area contributed by atoms with E-state index in [0.717, 1.165) is 5.57 Å². The van der Waals surface area contributed by atoms with Crippen molar-refractivity contribution in [2.75, 3.05) is 0 Å². The zero-order valence-corrected chi connectivity index (χ0v) is 14.7. The monoisotopic (exact) mass is 294 g/mol. The molecule has 0 N–H and O–H groups in total. The molecule has 0 atom stereocenters. The molecule has 0 aliphatic rings. The summed E-state index contributed by atoms with van der Waals surface area (Å²) in [6, 6.07) is 17.9. The fourth-order valence-electron chi connectivity index (χ4n) is 2.49. The highest BCUT2D eigenvalue weighted by atomic mass is 28.3. The van der Waals surface area contributed by atoms with Crippen LogP contribution in [0.3, 0.4) is 0 Å². The maximum atomic E-state index is 4.27. The highest BCUT2D eigenvalue weighted by Gasteiger charge is 2.05. The molecule has 0 bridgehead atoms. The zero-order chi connectivity index (χ0) is 15.2. The third-order valence-electron chi connectivity index (χ3n) is 4.05. The number of unbranched alkanes of at least 4 members (excludes halogenated alkanes) is 1. The lowest BCUT2D eigenvalue weighted by Gasteiger charge is -2.10. The van der Waals surface area contributed by atoms with E-state index < -0.39 is 8.80 Å². The molecule has 2 aromatic carbocycles. The van der Waals surface area contributed by atoms with Gasteiger partial charge in [0.2, 0.25) is 0 Å². The summed E-state index contributed by atoms with van der Waals surface area (Å²) in [5.41, 5.74) is 5.00. The molecule has 0 spiro atoms. The smallest absolute Gasteiger partial charge is 0.0647 e. The highest BCUT2D eigenvalue weighted by molar-refractivity contribution is 6.70. The van der Waals surface area contributed by atoms with E-state index in [1.165, 1.54) is 41.1 Å². The minimum Gasteiger partial charge on any atom is -0.0906 e. The van der Waals surface area contributed by atoms with Crippen LogP contribution in [0.2, 0.25) is 13.1 Å². The average molecular weight is 295 g/mol. The van der Waals surface area contributed by atoms with Gasteiger partial charge in [-0.25, -0.2) is 0 Å². The first-order chi connectivity index (χ1) is 10.1. The van der Waals surface area contributed by atoms with Crippen LogP contribution in [-0.4, -0.2) is 8.80 Å². The molecule has 2 aromatic rings. The Hall–Kier alpha value is -1.60. The van der Waals surface area contributed by atoms with Crippen LogP contribution in [0.15, 0.2) is 55.1 Å². The Morgan fingerprint density at radius 1 is 0.905 bits per heavy atom. The lowest BCUT2D eigenvalue weighted by Crippen LogP contribution is -2.21. The van der Waals surface area contributed by atoms with Crippen LogP contribution in [0.25, 0.3) is 5.57 Å². The van der Waals surface area contributed by atoms with E-state index in [0.29, 0.717) is 0 Å². The molecule has 0 aromatic heterocycles. The van der Waals surface area contributed by atoms with Crippen molar-refractivity contribution in [2.24, 2.45) is 0 Å². The molecule has 0 fully saturated rings. The van der Waals surface area contributed by atoms with Crippen LogP contribution >= 0.6 is 0 Å². The molecule has 0 nitrogen and oxygen atoms in total. The molecule has 1 heteroatoms. The topological polar surface area (TPSA) is 0 Å². The molecule has 0 unspecified atom stereocenters. The maximum Gasteiger partial charge on any atom is 0.0647 e. The Kier molecular flexibility index (Phi) is 5.57. The molecule has 0 aliphatic carbocycles. The summed E-state index contributed by atoms with van der Waals surface area (Å²) >= 11 is 0. The van der Waals surface area contributed by atoms with E-state index >= 15 is 0 Å². The van der Waals surface area contributed by atoms with E-state index in [1.807, 2.05) is 0 Å². The highest BCUT2D eigenvalue weighted by Crippen LogP contribution is 2.21. The number of hydrogen-bond donors (Lipinski definition) is 0. The Labute approximate surface area is 131 Å². The molecule has 0 saturated carbocycles. The predicted octanol–water partition coefficient (Wildman–Crippen LogP) is 4.78. The Balaban J connectivity index is 2.12. The van der Waals surface area contributed by atoms with Crippen LogP contribution in [0.1, 0.15) is 36.5 Å². The average Bonchev–Trinajstić information content (AvgIpc) is 2.53. The minimum atomic E-state index is -0.702. The lowest BCUT2D eigenvalue weighted by molar-refractivity contribution is 0.795. The van der Waals surface area contributed by atoms with Gasteiger partial charge in [-0.3, -0.25) is 0 Å². The van der Waals surface area contributed by atoms with Gasteiger partial charge in [0.1, 0.15) is 0 Å². The van der Waals surface area contributed by atoms with Crippen molar-refractivity contribution in [3.05, 3.63) is 71.8 Å². The molecular weight excluding hydrogens is 268 g/mol. The third kappa shape index (κ3) is 4.18. The van der Waals surface area contributed by atoms with Gasteiger partial charge in [0.15, 0.2) is 0 Å². The number of benzene rings is 2. The maximum absolute atomic E-state index is 4.27. The van der Waals surface area contributed by atoms with Crippen molar-refractivity contribution in [1.82, 2.24) is 0 Å². The van der Waals surface area contributed by atoms with Crippen molar-refractivity contribution in [3.8, 4) is 0 Å². The van der Waals surface area contributed by atoms with Crippen LogP contribution in [0.5, 0.6) is 0 Å². The molecule has 0 heterocycles. The number of aryl methyl sites for hydroxylation is 1. The number of rotatable bonds is 6. The van der Waals surface area contributed by atoms with Gasteiger partial charge in [-0.05, 0) is 35.1 Å².